The number of hydrogen-bond donors (Lipinski definition) is 3. The number of piperidine rings is 1. The average Bonchev–Trinajstić information content (AvgIpc) is 3.18. The van der Waals surface area contributed by atoms with Gasteiger partial charge >= 0.3 is 0 Å². The number of hydrogen-bond acceptors (Lipinski definition) is 4. The molecule has 0 amide bonds. The summed E-state index contributed by atoms with van der Waals surface area (Å²) in [6.07, 6.45) is 2.62. The first-order valence-electron chi connectivity index (χ1n) is 9.61. The summed E-state index contributed by atoms with van der Waals surface area (Å²) < 4.78 is 6.86. The summed E-state index contributed by atoms with van der Waals surface area (Å²) in [6, 6.07) is 15.7. The Morgan fingerprint density at radius 3 is 2.61 bits per heavy atom. The number of aliphatic hydroxyl groups is 2. The van der Waals surface area contributed by atoms with E-state index in [4.69, 9.17) is 4.74 Å². The van der Waals surface area contributed by atoms with Crippen LogP contribution in [0.5, 0.6) is 5.75 Å². The lowest BCUT2D eigenvalue weighted by Crippen LogP contribution is -2.46. The second-order valence-electron chi connectivity index (χ2n) is 7.50. The van der Waals surface area contributed by atoms with Crippen LogP contribution in [-0.2, 0) is 5.60 Å². The van der Waals surface area contributed by atoms with Gasteiger partial charge in [0.1, 0.15) is 18.5 Å². The van der Waals surface area contributed by atoms with Crippen LogP contribution < -0.4 is 4.74 Å². The number of nitrogens with one attached hydrogen (secondary N) is 1. The van der Waals surface area contributed by atoms with E-state index in [-0.39, 0.29) is 6.61 Å². The Balaban J connectivity index is 1.28. The van der Waals surface area contributed by atoms with Gasteiger partial charge < -0.3 is 24.8 Å². The number of likely N-dealkylation sites (tertiary alicyclic amines) is 1. The van der Waals surface area contributed by atoms with Gasteiger partial charge in [0.15, 0.2) is 0 Å². The lowest BCUT2D eigenvalue weighted by Gasteiger charge is -2.39. The fourth-order valence-corrected chi connectivity index (χ4v) is 4.14. The SMILES string of the molecule is O[C@H](COc1cccc2[nH]ccc12)CN1CCC(O)(c2ccc(Br)cc2)CC1. The number of fused-ring (bicyclic) bond motifs is 1. The molecule has 1 aliphatic heterocycles. The van der Waals surface area contributed by atoms with E-state index >= 15 is 0 Å². The second-order valence-corrected chi connectivity index (χ2v) is 8.41. The molecule has 0 saturated carbocycles. The second kappa shape index (κ2) is 8.25. The number of halogens is 1. The van der Waals surface area contributed by atoms with E-state index in [1.807, 2.05) is 54.7 Å². The van der Waals surface area contributed by atoms with E-state index < -0.39 is 11.7 Å². The highest BCUT2D eigenvalue weighted by Crippen LogP contribution is 2.33. The van der Waals surface area contributed by atoms with E-state index in [0.29, 0.717) is 19.4 Å². The summed E-state index contributed by atoms with van der Waals surface area (Å²) in [5.74, 6) is 0.779. The van der Waals surface area contributed by atoms with E-state index in [2.05, 4.69) is 25.8 Å². The molecule has 1 aromatic heterocycles. The standard InChI is InChI=1S/C22H25BrN2O3/c23-17-6-4-16(5-7-17)22(27)9-12-25(13-10-22)14-18(26)15-28-21-3-1-2-20-19(21)8-11-24-20/h1-8,11,18,24,26-27H,9-10,12-15H2/t18-/m0/s1. The number of aromatic nitrogens is 1. The molecule has 0 aliphatic carbocycles. The van der Waals surface area contributed by atoms with Crippen molar-refractivity contribution < 1.29 is 14.9 Å². The minimum absolute atomic E-state index is 0.248. The molecular formula is C22H25BrN2O3. The Kier molecular flexibility index (Phi) is 5.73. The molecular weight excluding hydrogens is 420 g/mol. The summed E-state index contributed by atoms with van der Waals surface area (Å²) >= 11 is 3.43. The van der Waals surface area contributed by atoms with Crippen LogP contribution in [0.25, 0.3) is 10.9 Å². The van der Waals surface area contributed by atoms with Gasteiger partial charge in [-0.2, -0.15) is 0 Å². The van der Waals surface area contributed by atoms with Crippen molar-refractivity contribution in [2.24, 2.45) is 0 Å². The van der Waals surface area contributed by atoms with Crippen molar-refractivity contribution in [1.29, 1.82) is 0 Å². The van der Waals surface area contributed by atoms with E-state index in [1.54, 1.807) is 0 Å². The summed E-state index contributed by atoms with van der Waals surface area (Å²) in [5.41, 5.74) is 1.19. The third-order valence-electron chi connectivity index (χ3n) is 5.52. The van der Waals surface area contributed by atoms with E-state index in [9.17, 15) is 10.2 Å². The number of benzene rings is 2. The van der Waals surface area contributed by atoms with Crippen molar-refractivity contribution in [2.45, 2.75) is 24.5 Å². The maximum atomic E-state index is 11.0. The molecule has 6 heteroatoms. The highest BCUT2D eigenvalue weighted by molar-refractivity contribution is 9.10. The van der Waals surface area contributed by atoms with Gasteiger partial charge in [-0.25, -0.2) is 0 Å². The maximum absolute atomic E-state index is 11.0. The van der Waals surface area contributed by atoms with Crippen LogP contribution in [0.15, 0.2) is 59.2 Å². The van der Waals surface area contributed by atoms with Crippen molar-refractivity contribution in [1.82, 2.24) is 9.88 Å². The smallest absolute Gasteiger partial charge is 0.128 e. The molecule has 2 aromatic carbocycles. The maximum Gasteiger partial charge on any atom is 0.128 e. The zero-order chi connectivity index (χ0) is 19.6. The predicted octanol–water partition coefficient (Wildman–Crippen LogP) is 3.65. The van der Waals surface area contributed by atoms with Crippen molar-refractivity contribution in [2.75, 3.05) is 26.2 Å². The first-order chi connectivity index (χ1) is 13.5. The Hall–Kier alpha value is -1.86. The molecule has 4 rings (SSSR count). The van der Waals surface area contributed by atoms with Crippen molar-refractivity contribution in [3.63, 3.8) is 0 Å². The van der Waals surface area contributed by atoms with Crippen LogP contribution in [0.1, 0.15) is 18.4 Å². The average molecular weight is 445 g/mol. The summed E-state index contributed by atoms with van der Waals surface area (Å²) in [4.78, 5) is 5.35. The van der Waals surface area contributed by atoms with E-state index in [1.165, 1.54) is 0 Å². The Morgan fingerprint density at radius 2 is 1.86 bits per heavy atom. The van der Waals surface area contributed by atoms with Crippen LogP contribution >= 0.6 is 15.9 Å². The van der Waals surface area contributed by atoms with Crippen LogP contribution in [0.4, 0.5) is 0 Å². The molecule has 1 atom stereocenters. The minimum atomic E-state index is -0.789. The van der Waals surface area contributed by atoms with Gasteiger partial charge in [-0.05, 0) is 48.7 Å². The Labute approximate surface area is 173 Å². The first-order valence-corrected chi connectivity index (χ1v) is 10.4. The number of aromatic amines is 1. The lowest BCUT2D eigenvalue weighted by molar-refractivity contribution is -0.0372. The summed E-state index contributed by atoms with van der Waals surface area (Å²) in [6.45, 7) is 2.28. The van der Waals surface area contributed by atoms with Crippen LogP contribution in [-0.4, -0.2) is 52.4 Å². The molecule has 1 aliphatic rings. The number of β-amino-alcohol motifs (C(OH)–C–C–N with tert-alkyl or cyclic N) is 1. The minimum Gasteiger partial charge on any atom is -0.490 e. The Bertz CT molecular complexity index is 917. The van der Waals surface area contributed by atoms with Gasteiger partial charge in [-0.3, -0.25) is 0 Å². The topological polar surface area (TPSA) is 68.7 Å². The fourth-order valence-electron chi connectivity index (χ4n) is 3.87. The molecule has 1 fully saturated rings. The molecule has 0 spiro atoms. The van der Waals surface area contributed by atoms with Gasteiger partial charge in [0.05, 0.1) is 5.60 Å². The Morgan fingerprint density at radius 1 is 1.11 bits per heavy atom. The third kappa shape index (κ3) is 4.25. The lowest BCUT2D eigenvalue weighted by atomic mass is 9.84. The zero-order valence-corrected chi connectivity index (χ0v) is 17.2. The van der Waals surface area contributed by atoms with E-state index in [0.717, 1.165) is 39.8 Å². The van der Waals surface area contributed by atoms with Crippen molar-refractivity contribution in [3.05, 3.63) is 64.8 Å². The highest BCUT2D eigenvalue weighted by Gasteiger charge is 2.34. The zero-order valence-electron chi connectivity index (χ0n) is 15.6. The first kappa shape index (κ1) is 19.5. The monoisotopic (exact) mass is 444 g/mol. The molecule has 2 heterocycles. The summed E-state index contributed by atoms with van der Waals surface area (Å²) in [5, 5.41) is 22.4. The molecule has 28 heavy (non-hydrogen) atoms. The van der Waals surface area contributed by atoms with Crippen LogP contribution in [0.3, 0.4) is 0 Å². The predicted molar refractivity (Wildman–Crippen MR) is 114 cm³/mol. The van der Waals surface area contributed by atoms with Gasteiger partial charge in [0.2, 0.25) is 0 Å². The number of H-pyrrole nitrogens is 1. The number of ether oxygens (including phenoxy) is 1. The number of rotatable bonds is 6. The molecule has 3 N–H and O–H groups in total. The van der Waals surface area contributed by atoms with Gasteiger partial charge in [-0.15, -0.1) is 0 Å². The molecule has 3 aromatic rings. The van der Waals surface area contributed by atoms with Crippen LogP contribution in [0, 0.1) is 0 Å². The fraction of sp³-hybridized carbons (Fsp3) is 0.364. The van der Waals surface area contributed by atoms with Crippen molar-refractivity contribution >= 4 is 26.8 Å². The largest absolute Gasteiger partial charge is 0.490 e. The van der Waals surface area contributed by atoms with Crippen LogP contribution in [0.2, 0.25) is 0 Å². The number of aliphatic hydroxyl groups excluding tert-OH is 1. The number of nitrogens with zero attached hydrogens (tertiary/aromatic N) is 1. The molecule has 5 nitrogen and oxygen atoms in total. The normalized spacial score (nSPS) is 18.2. The van der Waals surface area contributed by atoms with Gasteiger partial charge in [-0.1, -0.05) is 34.1 Å². The molecule has 1 saturated heterocycles. The molecule has 0 bridgehead atoms. The van der Waals surface area contributed by atoms with Gasteiger partial charge in [0, 0.05) is 41.2 Å². The summed E-state index contributed by atoms with van der Waals surface area (Å²) in [7, 11) is 0. The molecule has 148 valence electrons. The highest BCUT2D eigenvalue weighted by atomic mass is 79.9. The molecule has 0 unspecified atom stereocenters. The molecule has 0 radical (unpaired) electrons. The quantitative estimate of drug-likeness (QED) is 0.542. The van der Waals surface area contributed by atoms with Crippen molar-refractivity contribution in [3.8, 4) is 5.75 Å². The van der Waals surface area contributed by atoms with Gasteiger partial charge in [0.25, 0.3) is 0 Å². The third-order valence-corrected chi connectivity index (χ3v) is 6.05.